The van der Waals surface area contributed by atoms with Crippen molar-refractivity contribution in [2.24, 2.45) is 0 Å². The molecule has 1 saturated heterocycles. The Kier molecular flexibility index (Phi) is 5.55. The maximum absolute atomic E-state index is 13.3. The quantitative estimate of drug-likeness (QED) is 0.803. The smallest absolute Gasteiger partial charge is 0.313 e. The van der Waals surface area contributed by atoms with E-state index >= 15 is 0 Å². The number of halogens is 1. The van der Waals surface area contributed by atoms with E-state index in [9.17, 15) is 14.3 Å². The third-order valence-corrected chi connectivity index (χ3v) is 4.63. The maximum Gasteiger partial charge on any atom is 0.313 e. The number of hydrogen-bond donors (Lipinski definition) is 2. The number of carbonyl (C=O) groups is 1. The van der Waals surface area contributed by atoms with Crippen LogP contribution >= 0.6 is 0 Å². The van der Waals surface area contributed by atoms with E-state index in [4.69, 9.17) is 4.74 Å². The second-order valence-electron chi connectivity index (χ2n) is 6.94. The number of rotatable bonds is 6. The fraction of sp³-hybridized carbons (Fsp3) is 0.421. The second kappa shape index (κ2) is 7.87. The molecule has 1 aromatic heterocycles. The molecule has 1 aliphatic heterocycles. The van der Waals surface area contributed by atoms with Crippen molar-refractivity contribution < 1.29 is 19.0 Å². The molecular formula is C19H23FN4O3. The van der Waals surface area contributed by atoms with Gasteiger partial charge >= 0.3 is 5.97 Å². The lowest BCUT2D eigenvalue weighted by molar-refractivity contribution is -0.142. The van der Waals surface area contributed by atoms with Crippen LogP contribution in [0.2, 0.25) is 0 Å². The Bertz CT molecular complexity index is 822. The number of ether oxygens (including phenoxy) is 1. The first-order valence-corrected chi connectivity index (χ1v) is 8.80. The molecule has 0 unspecified atom stereocenters. The van der Waals surface area contributed by atoms with Crippen LogP contribution in [0, 0.1) is 5.82 Å². The summed E-state index contributed by atoms with van der Waals surface area (Å²) < 4.78 is 18.7. The summed E-state index contributed by atoms with van der Waals surface area (Å²) in [6, 6.07) is 6.28. The Balaban J connectivity index is 1.89. The molecule has 1 aliphatic rings. The van der Waals surface area contributed by atoms with Crippen LogP contribution in [0.5, 0.6) is 0 Å². The number of nitrogens with one attached hydrogen (secondary N) is 1. The number of morpholine rings is 1. The summed E-state index contributed by atoms with van der Waals surface area (Å²) in [4.78, 5) is 22.6. The number of hydrogen-bond acceptors (Lipinski definition) is 6. The molecule has 1 aromatic carbocycles. The number of benzene rings is 1. The van der Waals surface area contributed by atoms with Gasteiger partial charge in [-0.1, -0.05) is 12.1 Å². The van der Waals surface area contributed by atoms with Crippen molar-refractivity contribution in [3.05, 3.63) is 47.4 Å². The molecule has 8 heteroatoms. The third kappa shape index (κ3) is 4.33. The summed E-state index contributed by atoms with van der Waals surface area (Å²) in [7, 11) is 0. The Labute approximate surface area is 157 Å². The van der Waals surface area contributed by atoms with E-state index in [2.05, 4.69) is 15.3 Å². The minimum Gasteiger partial charge on any atom is -0.481 e. The van der Waals surface area contributed by atoms with Gasteiger partial charge in [-0.05, 0) is 31.5 Å². The van der Waals surface area contributed by atoms with Crippen molar-refractivity contribution in [1.29, 1.82) is 0 Å². The average Bonchev–Trinajstić information content (AvgIpc) is 2.67. The van der Waals surface area contributed by atoms with E-state index in [-0.39, 0.29) is 5.82 Å². The molecule has 2 heterocycles. The van der Waals surface area contributed by atoms with Gasteiger partial charge in [0.05, 0.1) is 18.6 Å². The summed E-state index contributed by atoms with van der Waals surface area (Å²) in [5.74, 6) is -0.294. The van der Waals surface area contributed by atoms with E-state index < -0.39 is 11.4 Å². The summed E-state index contributed by atoms with van der Waals surface area (Å²) in [6.45, 7) is 6.01. The predicted molar refractivity (Wildman–Crippen MR) is 99.5 cm³/mol. The van der Waals surface area contributed by atoms with Crippen LogP contribution < -0.4 is 10.2 Å². The van der Waals surface area contributed by atoms with Crippen LogP contribution in [-0.4, -0.2) is 47.3 Å². The van der Waals surface area contributed by atoms with Gasteiger partial charge in [0.25, 0.3) is 0 Å². The highest BCUT2D eigenvalue weighted by molar-refractivity contribution is 5.82. The van der Waals surface area contributed by atoms with Crippen LogP contribution in [0.4, 0.5) is 16.2 Å². The van der Waals surface area contributed by atoms with E-state index in [1.807, 2.05) is 4.90 Å². The normalized spacial score (nSPS) is 14.9. The first-order valence-electron chi connectivity index (χ1n) is 8.80. The molecule has 0 aliphatic carbocycles. The van der Waals surface area contributed by atoms with Gasteiger partial charge in [0.1, 0.15) is 11.6 Å². The molecule has 27 heavy (non-hydrogen) atoms. The van der Waals surface area contributed by atoms with Crippen molar-refractivity contribution >= 4 is 17.7 Å². The SMILES string of the molecule is CC(C)(C(=O)O)c1cnc(NCc2cccc(F)c2)nc1N1CCOCC1. The van der Waals surface area contributed by atoms with Crippen molar-refractivity contribution in [3.8, 4) is 0 Å². The molecule has 0 radical (unpaired) electrons. The molecule has 0 saturated carbocycles. The Morgan fingerprint density at radius 2 is 2.11 bits per heavy atom. The van der Waals surface area contributed by atoms with Gasteiger partial charge in [-0.2, -0.15) is 4.98 Å². The zero-order valence-corrected chi connectivity index (χ0v) is 15.4. The number of aliphatic carboxylic acids is 1. The van der Waals surface area contributed by atoms with E-state index in [0.29, 0.717) is 50.2 Å². The van der Waals surface area contributed by atoms with Crippen molar-refractivity contribution in [3.63, 3.8) is 0 Å². The molecule has 7 nitrogen and oxygen atoms in total. The number of anilines is 2. The summed E-state index contributed by atoms with van der Waals surface area (Å²) in [6.07, 6.45) is 1.56. The van der Waals surface area contributed by atoms with Gasteiger partial charge in [-0.25, -0.2) is 9.37 Å². The molecule has 2 aromatic rings. The average molecular weight is 374 g/mol. The van der Waals surface area contributed by atoms with Crippen molar-refractivity contribution in [2.75, 3.05) is 36.5 Å². The summed E-state index contributed by atoms with van der Waals surface area (Å²) >= 11 is 0. The van der Waals surface area contributed by atoms with Gasteiger partial charge in [-0.15, -0.1) is 0 Å². The van der Waals surface area contributed by atoms with Gasteiger partial charge in [0, 0.05) is 31.4 Å². The molecule has 2 N–H and O–H groups in total. The van der Waals surface area contributed by atoms with Crippen LogP contribution in [-0.2, 0) is 21.5 Å². The van der Waals surface area contributed by atoms with Gasteiger partial charge in [0.15, 0.2) is 0 Å². The number of carboxylic acid groups (broad SMARTS) is 1. The van der Waals surface area contributed by atoms with E-state index in [0.717, 1.165) is 5.56 Å². The summed E-state index contributed by atoms with van der Waals surface area (Å²) in [5.41, 5.74) is 0.184. The number of carboxylic acids is 1. The van der Waals surface area contributed by atoms with E-state index in [1.54, 1.807) is 32.2 Å². The highest BCUT2D eigenvalue weighted by Gasteiger charge is 2.35. The Morgan fingerprint density at radius 1 is 1.37 bits per heavy atom. The molecule has 0 bridgehead atoms. The highest BCUT2D eigenvalue weighted by atomic mass is 19.1. The van der Waals surface area contributed by atoms with Crippen molar-refractivity contribution in [1.82, 2.24) is 9.97 Å². The topological polar surface area (TPSA) is 87.6 Å². The van der Waals surface area contributed by atoms with Crippen LogP contribution in [0.1, 0.15) is 25.0 Å². The molecule has 0 atom stereocenters. The van der Waals surface area contributed by atoms with Crippen molar-refractivity contribution in [2.45, 2.75) is 25.8 Å². The zero-order valence-electron chi connectivity index (χ0n) is 15.4. The molecule has 0 spiro atoms. The predicted octanol–water partition coefficient (Wildman–Crippen LogP) is 2.43. The largest absolute Gasteiger partial charge is 0.481 e. The first-order chi connectivity index (χ1) is 12.9. The third-order valence-electron chi connectivity index (χ3n) is 4.63. The number of nitrogens with zero attached hydrogens (tertiary/aromatic N) is 3. The lowest BCUT2D eigenvalue weighted by Gasteiger charge is -2.32. The molecule has 3 rings (SSSR count). The van der Waals surface area contributed by atoms with Crippen LogP contribution in [0.3, 0.4) is 0 Å². The minimum absolute atomic E-state index is 0.303. The van der Waals surface area contributed by atoms with Gasteiger partial charge in [0.2, 0.25) is 5.95 Å². The van der Waals surface area contributed by atoms with Gasteiger partial charge < -0.3 is 20.1 Å². The zero-order chi connectivity index (χ0) is 19.4. The summed E-state index contributed by atoms with van der Waals surface area (Å²) in [5, 5.41) is 12.7. The highest BCUT2D eigenvalue weighted by Crippen LogP contribution is 2.32. The fourth-order valence-corrected chi connectivity index (χ4v) is 2.86. The molecule has 144 valence electrons. The van der Waals surface area contributed by atoms with Gasteiger partial charge in [-0.3, -0.25) is 4.79 Å². The Hall–Kier alpha value is -2.74. The lowest BCUT2D eigenvalue weighted by Crippen LogP contribution is -2.40. The standard InChI is InChI=1S/C19H23FN4O3/c1-19(2,17(25)26)15-12-22-18(21-11-13-4-3-5-14(20)10-13)23-16(15)24-6-8-27-9-7-24/h3-5,10,12H,6-9,11H2,1-2H3,(H,25,26)(H,21,22,23). The maximum atomic E-state index is 13.3. The monoisotopic (exact) mass is 374 g/mol. The Morgan fingerprint density at radius 3 is 2.78 bits per heavy atom. The first kappa shape index (κ1) is 19.0. The molecule has 0 amide bonds. The lowest BCUT2D eigenvalue weighted by atomic mass is 9.85. The minimum atomic E-state index is -1.13. The molecule has 1 fully saturated rings. The van der Waals surface area contributed by atoms with E-state index in [1.165, 1.54) is 12.1 Å². The number of aromatic nitrogens is 2. The second-order valence-corrected chi connectivity index (χ2v) is 6.94. The fourth-order valence-electron chi connectivity index (χ4n) is 2.86. The van der Waals surface area contributed by atoms with Crippen LogP contribution in [0.25, 0.3) is 0 Å². The molecular weight excluding hydrogens is 351 g/mol. The van der Waals surface area contributed by atoms with Crippen LogP contribution in [0.15, 0.2) is 30.5 Å².